The number of benzene rings is 1. The summed E-state index contributed by atoms with van der Waals surface area (Å²) in [6.07, 6.45) is 4.65. The molecule has 8 heteroatoms. The summed E-state index contributed by atoms with van der Waals surface area (Å²) >= 11 is 0. The van der Waals surface area contributed by atoms with Gasteiger partial charge < -0.3 is 5.32 Å². The highest BCUT2D eigenvalue weighted by Gasteiger charge is 2.42. The Labute approximate surface area is 172 Å². The molecule has 1 aromatic carbocycles. The maximum Gasteiger partial charge on any atom is 0.262 e. The van der Waals surface area contributed by atoms with Crippen molar-refractivity contribution in [1.29, 1.82) is 0 Å². The van der Waals surface area contributed by atoms with Crippen LogP contribution in [0.15, 0.2) is 24.3 Å². The van der Waals surface area contributed by atoms with Crippen LogP contribution >= 0.6 is 24.8 Å². The molecular formula is C19H29Cl2F2N3O. The van der Waals surface area contributed by atoms with E-state index in [1.165, 1.54) is 31.2 Å². The predicted octanol–water partition coefficient (Wildman–Crippen LogP) is 3.52. The molecule has 4 nitrogen and oxygen atoms in total. The molecule has 3 rings (SSSR count). The Morgan fingerprint density at radius 2 is 1.74 bits per heavy atom. The number of carbonyl (C=O) groups excluding carboxylic acids is 1. The topological polar surface area (TPSA) is 44.4 Å². The van der Waals surface area contributed by atoms with Gasteiger partial charge in [-0.15, -0.1) is 24.8 Å². The number of nitrogens with zero attached hydrogens (tertiary/aromatic N) is 1. The minimum Gasteiger partial charge on any atom is -0.351 e. The van der Waals surface area contributed by atoms with Gasteiger partial charge in [-0.25, -0.2) is 8.78 Å². The first-order chi connectivity index (χ1) is 12.0. The fourth-order valence-electron chi connectivity index (χ4n) is 3.63. The van der Waals surface area contributed by atoms with Gasteiger partial charge in [0.25, 0.3) is 5.92 Å². The highest BCUT2D eigenvalue weighted by atomic mass is 35.5. The minimum absolute atomic E-state index is 0. The van der Waals surface area contributed by atoms with Crippen molar-refractivity contribution in [3.8, 4) is 0 Å². The number of nitrogens with one attached hydrogen (secondary N) is 2. The third-order valence-electron chi connectivity index (χ3n) is 5.09. The van der Waals surface area contributed by atoms with Crippen molar-refractivity contribution in [2.75, 3.05) is 19.6 Å². The maximum absolute atomic E-state index is 13.2. The van der Waals surface area contributed by atoms with E-state index in [0.29, 0.717) is 6.54 Å². The molecule has 1 atom stereocenters. The molecule has 2 N–H and O–H groups in total. The number of rotatable bonds is 5. The lowest BCUT2D eigenvalue weighted by Gasteiger charge is -2.22. The Morgan fingerprint density at radius 1 is 1.11 bits per heavy atom. The summed E-state index contributed by atoms with van der Waals surface area (Å²) in [5, 5.41) is 5.42. The van der Waals surface area contributed by atoms with Crippen LogP contribution in [0.25, 0.3) is 0 Å². The second-order valence-corrected chi connectivity index (χ2v) is 7.17. The fourth-order valence-corrected chi connectivity index (χ4v) is 3.63. The van der Waals surface area contributed by atoms with Gasteiger partial charge in [-0.3, -0.25) is 15.0 Å². The largest absolute Gasteiger partial charge is 0.351 e. The average molecular weight is 424 g/mol. The molecule has 27 heavy (non-hydrogen) atoms. The van der Waals surface area contributed by atoms with Crippen LogP contribution in [0.4, 0.5) is 8.78 Å². The van der Waals surface area contributed by atoms with E-state index in [4.69, 9.17) is 0 Å². The van der Waals surface area contributed by atoms with Crippen molar-refractivity contribution in [2.24, 2.45) is 0 Å². The molecule has 0 spiro atoms. The predicted molar refractivity (Wildman–Crippen MR) is 108 cm³/mol. The molecule has 0 aliphatic carbocycles. The number of likely N-dealkylation sites (tertiary alicyclic amines) is 1. The molecule has 154 valence electrons. The van der Waals surface area contributed by atoms with Crippen LogP contribution in [0, 0.1) is 0 Å². The third kappa shape index (κ3) is 7.18. The van der Waals surface area contributed by atoms with Gasteiger partial charge in [-0.2, -0.15) is 0 Å². The Morgan fingerprint density at radius 3 is 2.33 bits per heavy atom. The smallest absolute Gasteiger partial charge is 0.262 e. The van der Waals surface area contributed by atoms with Crippen molar-refractivity contribution in [1.82, 2.24) is 15.5 Å². The van der Waals surface area contributed by atoms with Gasteiger partial charge in [0.2, 0.25) is 5.91 Å². The van der Waals surface area contributed by atoms with Gasteiger partial charge in [0.05, 0.1) is 12.6 Å². The number of hydrogen-bond acceptors (Lipinski definition) is 3. The zero-order chi connectivity index (χ0) is 17.7. The number of halogens is 4. The van der Waals surface area contributed by atoms with E-state index in [2.05, 4.69) is 21.6 Å². The monoisotopic (exact) mass is 423 g/mol. The van der Waals surface area contributed by atoms with Crippen LogP contribution in [0.1, 0.15) is 43.2 Å². The molecular weight excluding hydrogens is 395 g/mol. The van der Waals surface area contributed by atoms with Crippen LogP contribution in [-0.2, 0) is 17.9 Å². The summed E-state index contributed by atoms with van der Waals surface area (Å²) in [6, 6.07) is 7.26. The number of alkyl halides is 2. The van der Waals surface area contributed by atoms with E-state index in [0.717, 1.165) is 25.2 Å². The second kappa shape index (κ2) is 11.1. The minimum atomic E-state index is -2.79. The van der Waals surface area contributed by atoms with Crippen LogP contribution < -0.4 is 10.6 Å². The van der Waals surface area contributed by atoms with Crippen LogP contribution in [0.5, 0.6) is 0 Å². The number of amides is 1. The molecule has 2 saturated heterocycles. The van der Waals surface area contributed by atoms with Gasteiger partial charge in [-0.1, -0.05) is 37.1 Å². The van der Waals surface area contributed by atoms with Crippen molar-refractivity contribution in [2.45, 2.75) is 57.2 Å². The molecule has 2 heterocycles. The standard InChI is InChI=1S/C19H27F2N3O.2ClH/c20-19(21)11-17(23-14-19)18(25)22-12-15-7-3-4-8-16(15)13-24-9-5-1-2-6-10-24;;/h3-4,7-8,17,23H,1-2,5-6,9-14H2,(H,22,25);2*1H. The molecule has 2 aliphatic heterocycles. The summed E-state index contributed by atoms with van der Waals surface area (Å²) in [7, 11) is 0. The molecule has 2 fully saturated rings. The molecule has 0 aromatic heterocycles. The fraction of sp³-hybridized carbons (Fsp3) is 0.632. The highest BCUT2D eigenvalue weighted by Crippen LogP contribution is 2.25. The quantitative estimate of drug-likeness (QED) is 0.761. The molecule has 0 saturated carbocycles. The normalized spacial score (nSPS) is 22.2. The summed E-state index contributed by atoms with van der Waals surface area (Å²) in [5.41, 5.74) is 2.26. The van der Waals surface area contributed by atoms with Gasteiger partial charge in [0, 0.05) is 19.5 Å². The van der Waals surface area contributed by atoms with Gasteiger partial charge in [0.15, 0.2) is 0 Å². The molecule has 0 radical (unpaired) electrons. The van der Waals surface area contributed by atoms with E-state index >= 15 is 0 Å². The van der Waals surface area contributed by atoms with Crippen LogP contribution in [-0.4, -0.2) is 42.4 Å². The SMILES string of the molecule is Cl.Cl.O=C(NCc1ccccc1CN1CCCCCC1)C1CC(F)(F)CN1. The summed E-state index contributed by atoms with van der Waals surface area (Å²) in [5.74, 6) is -3.13. The third-order valence-corrected chi connectivity index (χ3v) is 5.09. The molecule has 1 unspecified atom stereocenters. The first kappa shape index (κ1) is 24.1. The zero-order valence-corrected chi connectivity index (χ0v) is 17.0. The average Bonchev–Trinajstić information content (AvgIpc) is 2.80. The molecule has 0 bridgehead atoms. The first-order valence-corrected chi connectivity index (χ1v) is 9.22. The first-order valence-electron chi connectivity index (χ1n) is 9.22. The lowest BCUT2D eigenvalue weighted by Crippen LogP contribution is -2.40. The van der Waals surface area contributed by atoms with Crippen LogP contribution in [0.2, 0.25) is 0 Å². The lowest BCUT2D eigenvalue weighted by atomic mass is 10.1. The zero-order valence-electron chi connectivity index (χ0n) is 15.4. The van der Waals surface area contributed by atoms with E-state index in [9.17, 15) is 13.6 Å². The van der Waals surface area contributed by atoms with Crippen molar-refractivity contribution in [3.05, 3.63) is 35.4 Å². The van der Waals surface area contributed by atoms with E-state index in [-0.39, 0.29) is 30.7 Å². The van der Waals surface area contributed by atoms with Gasteiger partial charge in [-0.05, 0) is 37.1 Å². The van der Waals surface area contributed by atoms with Crippen LogP contribution in [0.3, 0.4) is 0 Å². The van der Waals surface area contributed by atoms with E-state index < -0.39 is 24.9 Å². The van der Waals surface area contributed by atoms with Crippen molar-refractivity contribution >= 4 is 30.7 Å². The van der Waals surface area contributed by atoms with Gasteiger partial charge in [0.1, 0.15) is 0 Å². The van der Waals surface area contributed by atoms with E-state index in [1.807, 2.05) is 18.2 Å². The molecule has 2 aliphatic rings. The number of hydrogen-bond donors (Lipinski definition) is 2. The van der Waals surface area contributed by atoms with E-state index in [1.54, 1.807) is 0 Å². The maximum atomic E-state index is 13.2. The highest BCUT2D eigenvalue weighted by molar-refractivity contribution is 5.85. The van der Waals surface area contributed by atoms with Crippen molar-refractivity contribution in [3.63, 3.8) is 0 Å². The Kier molecular flexibility index (Phi) is 9.95. The Hall–Kier alpha value is -0.950. The molecule has 1 aromatic rings. The van der Waals surface area contributed by atoms with Crippen molar-refractivity contribution < 1.29 is 13.6 Å². The Balaban J connectivity index is 0.00000182. The Bertz CT molecular complexity index is 596. The second-order valence-electron chi connectivity index (χ2n) is 7.17. The summed E-state index contributed by atoms with van der Waals surface area (Å²) in [4.78, 5) is 14.6. The number of carbonyl (C=O) groups is 1. The lowest BCUT2D eigenvalue weighted by molar-refractivity contribution is -0.123. The summed E-state index contributed by atoms with van der Waals surface area (Å²) in [6.45, 7) is 3.07. The van der Waals surface area contributed by atoms with Gasteiger partial charge >= 0.3 is 0 Å². The molecule has 1 amide bonds. The summed E-state index contributed by atoms with van der Waals surface area (Å²) < 4.78 is 26.5.